The van der Waals surface area contributed by atoms with E-state index in [0.29, 0.717) is 62.4 Å². The molecule has 4 aromatic carbocycles. The summed E-state index contributed by atoms with van der Waals surface area (Å²) in [4.78, 5) is 29.1. The van der Waals surface area contributed by atoms with E-state index in [0.717, 1.165) is 33.8 Å². The topological polar surface area (TPSA) is 111 Å². The Hall–Kier alpha value is -4.55. The van der Waals surface area contributed by atoms with Crippen LogP contribution in [-0.2, 0) is 28.4 Å². The molecule has 1 aromatic heterocycles. The number of nitrogens with zero attached hydrogens (tertiary/aromatic N) is 3. The van der Waals surface area contributed by atoms with Crippen LogP contribution in [0.15, 0.2) is 94.8 Å². The van der Waals surface area contributed by atoms with E-state index in [9.17, 15) is 14.7 Å². The van der Waals surface area contributed by atoms with Crippen molar-refractivity contribution in [3.8, 4) is 17.2 Å². The average Bonchev–Trinajstić information content (AvgIpc) is 3.82. The number of carbonyl (C=O) groups is 2. The predicted molar refractivity (Wildman–Crippen MR) is 199 cm³/mol. The van der Waals surface area contributed by atoms with Gasteiger partial charge in [0.15, 0.2) is 15.8 Å². The van der Waals surface area contributed by atoms with Crippen molar-refractivity contribution in [3.05, 3.63) is 128 Å². The molecule has 0 bridgehead atoms. The lowest BCUT2D eigenvalue weighted by Gasteiger charge is -2.24. The van der Waals surface area contributed by atoms with Crippen molar-refractivity contribution in [1.82, 2.24) is 10.2 Å². The molecular formula is C38H31Cl2N3O6S2. The van der Waals surface area contributed by atoms with Crippen LogP contribution in [0.5, 0.6) is 17.2 Å². The Kier molecular flexibility index (Phi) is 10.2. The number of benzene rings is 4. The van der Waals surface area contributed by atoms with Gasteiger partial charge in [0, 0.05) is 27.8 Å². The molecule has 2 atom stereocenters. The second kappa shape index (κ2) is 15.0. The van der Waals surface area contributed by atoms with Crippen molar-refractivity contribution in [2.45, 2.75) is 49.1 Å². The van der Waals surface area contributed by atoms with E-state index in [4.69, 9.17) is 37.4 Å². The summed E-state index contributed by atoms with van der Waals surface area (Å²) in [5.41, 5.74) is 3.58. The maximum absolute atomic E-state index is 13.9. The summed E-state index contributed by atoms with van der Waals surface area (Å²) in [7, 11) is 0. The van der Waals surface area contributed by atoms with Crippen LogP contribution < -0.4 is 19.1 Å². The van der Waals surface area contributed by atoms with E-state index in [-0.39, 0.29) is 22.6 Å². The number of hydrogen-bond donors (Lipinski definition) is 1. The number of halogens is 2. The molecule has 1 saturated heterocycles. The highest BCUT2D eigenvalue weighted by Gasteiger charge is 2.48. The highest BCUT2D eigenvalue weighted by Crippen LogP contribution is 2.46. The predicted octanol–water partition coefficient (Wildman–Crippen LogP) is 9.06. The van der Waals surface area contributed by atoms with Crippen LogP contribution in [-0.4, -0.2) is 39.7 Å². The standard InChI is InChI=1S/C38H31Cl2N3O6S2/c1-3-47-31-17-23(10-14-30(31)48-19-22-7-5-4-6-8-22)33-32(34(44)24-11-13-29-26(16-24)15-21(2)49-29)35(45)36(46)43(33)37-41-42-38(51-37)50-20-25-9-12-27(39)18-28(25)40/h4-14,16-18,21,33,44H,3,15,19-20H2,1-2H3/t21-,33-/m0/s1. The van der Waals surface area contributed by atoms with Crippen LogP contribution in [0.4, 0.5) is 5.13 Å². The molecule has 1 N–H and O–H groups in total. The first-order valence-electron chi connectivity index (χ1n) is 16.1. The number of anilines is 1. The molecule has 9 nitrogen and oxygen atoms in total. The van der Waals surface area contributed by atoms with E-state index in [2.05, 4.69) is 10.2 Å². The minimum absolute atomic E-state index is 0.0113. The first-order chi connectivity index (χ1) is 24.7. The van der Waals surface area contributed by atoms with Crippen molar-refractivity contribution in [2.24, 2.45) is 0 Å². The minimum Gasteiger partial charge on any atom is -0.507 e. The van der Waals surface area contributed by atoms with Crippen LogP contribution in [0.25, 0.3) is 5.76 Å². The van der Waals surface area contributed by atoms with Crippen LogP contribution >= 0.6 is 46.3 Å². The fourth-order valence-electron chi connectivity index (χ4n) is 6.02. The Morgan fingerprint density at radius 1 is 1.00 bits per heavy atom. The molecule has 3 heterocycles. The number of aliphatic hydroxyl groups excluding tert-OH is 1. The number of carbonyl (C=O) groups excluding carboxylic acids is 2. The van der Waals surface area contributed by atoms with Crippen molar-refractivity contribution < 1.29 is 28.9 Å². The molecule has 0 unspecified atom stereocenters. The lowest BCUT2D eigenvalue weighted by Crippen LogP contribution is -2.29. The van der Waals surface area contributed by atoms with Crippen LogP contribution in [0, 0.1) is 0 Å². The Labute approximate surface area is 312 Å². The maximum Gasteiger partial charge on any atom is 0.301 e. The SMILES string of the molecule is CCOc1cc([C@H]2C(=C(O)c3ccc4c(c3)C[C@H](C)O4)C(=O)C(=O)N2c2nnc(SCc3ccc(Cl)cc3Cl)s2)ccc1OCc1ccccc1. The van der Waals surface area contributed by atoms with Gasteiger partial charge in [0.25, 0.3) is 5.78 Å². The zero-order valence-electron chi connectivity index (χ0n) is 27.5. The Morgan fingerprint density at radius 2 is 1.82 bits per heavy atom. The molecule has 260 valence electrons. The molecule has 2 aliphatic rings. The van der Waals surface area contributed by atoms with Crippen molar-refractivity contribution in [1.29, 1.82) is 0 Å². The number of aromatic nitrogens is 2. The second-order valence-electron chi connectivity index (χ2n) is 11.9. The van der Waals surface area contributed by atoms with Gasteiger partial charge in [-0.25, -0.2) is 0 Å². The fraction of sp³-hybridized carbons (Fsp3) is 0.211. The Balaban J connectivity index is 1.27. The molecule has 7 rings (SSSR count). The molecule has 5 aromatic rings. The third-order valence-corrected chi connectivity index (χ3v) is 11.1. The molecule has 0 saturated carbocycles. The first kappa shape index (κ1) is 34.9. The zero-order valence-corrected chi connectivity index (χ0v) is 30.6. The highest BCUT2D eigenvalue weighted by atomic mass is 35.5. The van der Waals surface area contributed by atoms with E-state index in [1.54, 1.807) is 48.5 Å². The number of Topliss-reactive ketones (excluding diaryl/α,β-unsaturated/α-hetero) is 1. The summed E-state index contributed by atoms with van der Waals surface area (Å²) in [6.07, 6.45) is 0.644. The Morgan fingerprint density at radius 3 is 2.61 bits per heavy atom. The van der Waals surface area contributed by atoms with Gasteiger partial charge in [-0.3, -0.25) is 14.5 Å². The average molecular weight is 761 g/mol. The molecule has 13 heteroatoms. The fourth-order valence-corrected chi connectivity index (χ4v) is 8.45. The summed E-state index contributed by atoms with van der Waals surface area (Å²) in [5, 5.41) is 21.7. The van der Waals surface area contributed by atoms with E-state index < -0.39 is 17.7 Å². The molecule has 0 aliphatic carbocycles. The van der Waals surface area contributed by atoms with Crippen molar-refractivity contribution >= 4 is 68.9 Å². The van der Waals surface area contributed by atoms with Gasteiger partial charge in [-0.1, -0.05) is 88.8 Å². The van der Waals surface area contributed by atoms with Crippen LogP contribution in [0.1, 0.15) is 47.7 Å². The van der Waals surface area contributed by atoms with Crippen molar-refractivity contribution in [2.75, 3.05) is 11.5 Å². The second-order valence-corrected chi connectivity index (χ2v) is 14.9. The number of ketones is 1. The van der Waals surface area contributed by atoms with E-state index >= 15 is 0 Å². The van der Waals surface area contributed by atoms with Gasteiger partial charge in [0.05, 0.1) is 18.2 Å². The molecule has 1 amide bonds. The third kappa shape index (κ3) is 7.30. The van der Waals surface area contributed by atoms with E-state index in [1.165, 1.54) is 16.7 Å². The summed E-state index contributed by atoms with van der Waals surface area (Å²) in [6.45, 7) is 4.48. The lowest BCUT2D eigenvalue weighted by atomic mass is 9.94. The van der Waals surface area contributed by atoms with Gasteiger partial charge < -0.3 is 19.3 Å². The number of amides is 1. The van der Waals surface area contributed by atoms with Gasteiger partial charge in [-0.05, 0) is 78.6 Å². The normalized spacial score (nSPS) is 17.8. The molecule has 51 heavy (non-hydrogen) atoms. The maximum atomic E-state index is 13.9. The van der Waals surface area contributed by atoms with Gasteiger partial charge in [0.1, 0.15) is 24.2 Å². The third-order valence-electron chi connectivity index (χ3n) is 8.40. The smallest absolute Gasteiger partial charge is 0.301 e. The number of aliphatic hydroxyl groups is 1. The van der Waals surface area contributed by atoms with Gasteiger partial charge >= 0.3 is 5.91 Å². The molecule has 0 spiro atoms. The number of fused-ring (bicyclic) bond motifs is 1. The number of thioether (sulfide) groups is 1. The molecule has 0 radical (unpaired) electrons. The lowest BCUT2D eigenvalue weighted by molar-refractivity contribution is -0.132. The first-order valence-corrected chi connectivity index (χ1v) is 18.7. The summed E-state index contributed by atoms with van der Waals surface area (Å²) in [6, 6.07) is 24.5. The highest BCUT2D eigenvalue weighted by molar-refractivity contribution is 8.00. The molecule has 1 fully saturated rings. The van der Waals surface area contributed by atoms with Gasteiger partial charge in [-0.2, -0.15) is 0 Å². The Bertz CT molecular complexity index is 2160. The van der Waals surface area contributed by atoms with Crippen molar-refractivity contribution in [3.63, 3.8) is 0 Å². The zero-order chi connectivity index (χ0) is 35.6. The van der Waals surface area contributed by atoms with Gasteiger partial charge in [-0.15, -0.1) is 10.2 Å². The molecular weight excluding hydrogens is 729 g/mol. The monoisotopic (exact) mass is 759 g/mol. The van der Waals surface area contributed by atoms with E-state index in [1.807, 2.05) is 50.2 Å². The summed E-state index contributed by atoms with van der Waals surface area (Å²) in [5.74, 6) is 0.135. The quantitative estimate of drug-likeness (QED) is 0.0464. The summed E-state index contributed by atoms with van der Waals surface area (Å²) >= 11 is 15.0. The van der Waals surface area contributed by atoms with Gasteiger partial charge in [0.2, 0.25) is 5.13 Å². The van der Waals surface area contributed by atoms with Crippen LogP contribution in [0.3, 0.4) is 0 Å². The number of rotatable bonds is 11. The largest absolute Gasteiger partial charge is 0.507 e. The molecule has 2 aliphatic heterocycles. The summed E-state index contributed by atoms with van der Waals surface area (Å²) < 4.78 is 18.5. The number of hydrogen-bond acceptors (Lipinski definition) is 10. The minimum atomic E-state index is -1.05. The number of ether oxygens (including phenoxy) is 3. The van der Waals surface area contributed by atoms with Crippen LogP contribution in [0.2, 0.25) is 10.0 Å².